The maximum absolute atomic E-state index is 11.1. The lowest BCUT2D eigenvalue weighted by Gasteiger charge is -2.12. The number of thioether (sulfide) groups is 1. The highest BCUT2D eigenvalue weighted by Crippen LogP contribution is 2.22. The molecule has 2 aliphatic heterocycles. The summed E-state index contributed by atoms with van der Waals surface area (Å²) in [5.74, 6) is 1.02. The molecular weight excluding hydrogens is 398 g/mol. The van der Waals surface area contributed by atoms with Crippen LogP contribution in [0.2, 0.25) is 0 Å². The Kier molecular flexibility index (Phi) is 6.24. The van der Waals surface area contributed by atoms with Gasteiger partial charge in [0.15, 0.2) is 11.5 Å². The van der Waals surface area contributed by atoms with Gasteiger partial charge in [-0.2, -0.15) is 5.10 Å². The summed E-state index contributed by atoms with van der Waals surface area (Å²) in [5, 5.41) is 11.1. The maximum Gasteiger partial charge on any atom is 0.236 e. The molecule has 0 saturated carbocycles. The van der Waals surface area contributed by atoms with E-state index >= 15 is 0 Å². The average Bonchev–Trinajstić information content (AvgIpc) is 3.21. The highest BCUT2D eigenvalue weighted by Gasteiger charge is 2.17. The van der Waals surface area contributed by atoms with E-state index in [0.29, 0.717) is 42.9 Å². The monoisotopic (exact) mass is 413 g/mol. The Labute approximate surface area is 152 Å². The maximum atomic E-state index is 11.1. The van der Waals surface area contributed by atoms with E-state index in [1.807, 2.05) is 18.2 Å². The molecular formula is C15H16BrN3O4S. The molecule has 2 heterocycles. The standard InChI is InChI=1S/C15H16BrN3O4S/c16-11-1-2-12(21-4-3-14-22-5-6-23-14)10(7-11)8-17-19-15-18-13(20)9-24-15/h1-2,7-8,14H,3-6,9H2,(H,18,19,20). The molecule has 0 radical (unpaired) electrons. The van der Waals surface area contributed by atoms with Crippen molar-refractivity contribution < 1.29 is 19.0 Å². The van der Waals surface area contributed by atoms with Gasteiger partial charge in [-0.05, 0) is 18.2 Å². The molecule has 1 amide bonds. The molecule has 2 saturated heterocycles. The van der Waals surface area contributed by atoms with Gasteiger partial charge in [-0.25, -0.2) is 0 Å². The van der Waals surface area contributed by atoms with Crippen molar-refractivity contribution in [2.75, 3.05) is 25.6 Å². The third kappa shape index (κ3) is 5.04. The van der Waals surface area contributed by atoms with Crippen LogP contribution in [0.3, 0.4) is 0 Å². The van der Waals surface area contributed by atoms with Crippen molar-refractivity contribution in [3.05, 3.63) is 28.2 Å². The van der Waals surface area contributed by atoms with Crippen LogP contribution in [0.5, 0.6) is 5.75 Å². The van der Waals surface area contributed by atoms with E-state index in [2.05, 4.69) is 31.4 Å². The number of carbonyl (C=O) groups is 1. The van der Waals surface area contributed by atoms with Crippen molar-refractivity contribution in [1.82, 2.24) is 5.32 Å². The molecule has 0 spiro atoms. The second-order valence-corrected chi connectivity index (χ2v) is 6.86. The first-order valence-electron chi connectivity index (χ1n) is 7.40. The van der Waals surface area contributed by atoms with Crippen molar-refractivity contribution >= 4 is 45.0 Å². The molecule has 7 nitrogen and oxygen atoms in total. The van der Waals surface area contributed by atoms with Gasteiger partial charge in [-0.3, -0.25) is 4.79 Å². The van der Waals surface area contributed by atoms with Crippen LogP contribution in [0.1, 0.15) is 12.0 Å². The van der Waals surface area contributed by atoms with Crippen LogP contribution in [0.4, 0.5) is 0 Å². The molecule has 2 fully saturated rings. The highest BCUT2D eigenvalue weighted by atomic mass is 79.9. The van der Waals surface area contributed by atoms with Crippen molar-refractivity contribution in [3.8, 4) is 5.75 Å². The fourth-order valence-electron chi connectivity index (χ4n) is 2.11. The number of halogens is 1. The number of hydrogen-bond acceptors (Lipinski definition) is 7. The minimum atomic E-state index is -0.188. The van der Waals surface area contributed by atoms with Gasteiger partial charge >= 0.3 is 0 Å². The van der Waals surface area contributed by atoms with Crippen LogP contribution in [-0.2, 0) is 14.3 Å². The van der Waals surface area contributed by atoms with E-state index in [-0.39, 0.29) is 12.2 Å². The van der Waals surface area contributed by atoms with Crippen LogP contribution >= 0.6 is 27.7 Å². The van der Waals surface area contributed by atoms with Gasteiger partial charge in [-0.15, -0.1) is 5.10 Å². The molecule has 128 valence electrons. The van der Waals surface area contributed by atoms with Crippen LogP contribution in [0.15, 0.2) is 32.9 Å². The number of hydrogen-bond donors (Lipinski definition) is 1. The van der Waals surface area contributed by atoms with Gasteiger partial charge in [0.05, 0.1) is 31.8 Å². The minimum absolute atomic E-state index is 0.0585. The van der Waals surface area contributed by atoms with E-state index in [9.17, 15) is 4.79 Å². The van der Waals surface area contributed by atoms with Gasteiger partial charge in [0.25, 0.3) is 0 Å². The number of ether oxygens (including phenoxy) is 3. The zero-order valence-corrected chi connectivity index (χ0v) is 15.1. The van der Waals surface area contributed by atoms with Crippen molar-refractivity contribution in [2.45, 2.75) is 12.7 Å². The smallest absolute Gasteiger partial charge is 0.236 e. The second kappa shape index (κ2) is 8.61. The van der Waals surface area contributed by atoms with E-state index in [1.165, 1.54) is 11.8 Å². The normalized spacial score (nSPS) is 20.2. The number of benzene rings is 1. The van der Waals surface area contributed by atoms with Gasteiger partial charge in [0, 0.05) is 16.5 Å². The zero-order valence-electron chi connectivity index (χ0n) is 12.7. The van der Waals surface area contributed by atoms with Crippen molar-refractivity contribution in [3.63, 3.8) is 0 Å². The van der Waals surface area contributed by atoms with E-state index < -0.39 is 0 Å². The fraction of sp³-hybridized carbons (Fsp3) is 0.400. The molecule has 1 aromatic rings. The number of amidine groups is 1. The Hall–Kier alpha value is -1.42. The van der Waals surface area contributed by atoms with Crippen LogP contribution in [-0.4, -0.2) is 49.2 Å². The lowest BCUT2D eigenvalue weighted by Crippen LogP contribution is -2.19. The Morgan fingerprint density at radius 2 is 2.25 bits per heavy atom. The van der Waals surface area contributed by atoms with Gasteiger partial charge in [0.1, 0.15) is 5.75 Å². The number of nitrogens with one attached hydrogen (secondary N) is 1. The summed E-state index contributed by atoms with van der Waals surface area (Å²) in [6, 6.07) is 5.65. The van der Waals surface area contributed by atoms with Crippen LogP contribution < -0.4 is 10.1 Å². The molecule has 1 aromatic carbocycles. The van der Waals surface area contributed by atoms with Gasteiger partial charge in [0.2, 0.25) is 5.91 Å². The van der Waals surface area contributed by atoms with E-state index in [0.717, 1.165) is 10.0 Å². The Morgan fingerprint density at radius 1 is 1.42 bits per heavy atom. The van der Waals surface area contributed by atoms with E-state index in [1.54, 1.807) is 6.21 Å². The molecule has 0 bridgehead atoms. The molecule has 0 unspecified atom stereocenters. The fourth-order valence-corrected chi connectivity index (χ4v) is 3.12. The lowest BCUT2D eigenvalue weighted by molar-refractivity contribution is -0.116. The minimum Gasteiger partial charge on any atom is -0.493 e. The first kappa shape index (κ1) is 17.4. The predicted octanol–water partition coefficient (Wildman–Crippen LogP) is 2.14. The molecule has 3 rings (SSSR count). The number of carbonyl (C=O) groups excluding carboxylic acids is 1. The summed E-state index contributed by atoms with van der Waals surface area (Å²) in [4.78, 5) is 11.1. The summed E-state index contributed by atoms with van der Waals surface area (Å²) in [6.45, 7) is 1.75. The number of nitrogens with zero attached hydrogens (tertiary/aromatic N) is 2. The highest BCUT2D eigenvalue weighted by molar-refractivity contribution is 9.10. The second-order valence-electron chi connectivity index (χ2n) is 4.98. The molecule has 24 heavy (non-hydrogen) atoms. The number of rotatable bonds is 6. The molecule has 0 aromatic heterocycles. The quantitative estimate of drug-likeness (QED) is 0.570. The van der Waals surface area contributed by atoms with Crippen LogP contribution in [0, 0.1) is 0 Å². The Bertz CT molecular complexity index is 662. The SMILES string of the molecule is O=C1CSC(=NN=Cc2cc(Br)ccc2OCCC2OCCO2)N1. The molecule has 2 aliphatic rings. The van der Waals surface area contributed by atoms with E-state index in [4.69, 9.17) is 14.2 Å². The zero-order chi connectivity index (χ0) is 16.8. The third-order valence-electron chi connectivity index (χ3n) is 3.21. The summed E-state index contributed by atoms with van der Waals surface area (Å²) >= 11 is 4.76. The largest absolute Gasteiger partial charge is 0.493 e. The first-order valence-corrected chi connectivity index (χ1v) is 9.18. The van der Waals surface area contributed by atoms with Gasteiger partial charge < -0.3 is 19.5 Å². The topological polar surface area (TPSA) is 81.5 Å². The van der Waals surface area contributed by atoms with Crippen LogP contribution in [0.25, 0.3) is 0 Å². The lowest BCUT2D eigenvalue weighted by atomic mass is 10.2. The molecule has 1 N–H and O–H groups in total. The number of amides is 1. The van der Waals surface area contributed by atoms with Crippen molar-refractivity contribution in [2.24, 2.45) is 10.2 Å². The Morgan fingerprint density at radius 3 is 3.00 bits per heavy atom. The van der Waals surface area contributed by atoms with Gasteiger partial charge in [-0.1, -0.05) is 27.7 Å². The summed E-state index contributed by atoms with van der Waals surface area (Å²) < 4.78 is 17.5. The average molecular weight is 414 g/mol. The predicted molar refractivity (Wildman–Crippen MR) is 95.6 cm³/mol. The summed E-state index contributed by atoms with van der Waals surface area (Å²) in [7, 11) is 0. The Balaban J connectivity index is 1.60. The summed E-state index contributed by atoms with van der Waals surface area (Å²) in [5.41, 5.74) is 0.788. The molecule has 9 heteroatoms. The first-order chi connectivity index (χ1) is 11.7. The summed E-state index contributed by atoms with van der Waals surface area (Å²) in [6.07, 6.45) is 2.07. The third-order valence-corrected chi connectivity index (χ3v) is 4.56. The van der Waals surface area contributed by atoms with Crippen molar-refractivity contribution in [1.29, 1.82) is 0 Å². The molecule has 0 aliphatic carbocycles. The molecule has 0 atom stereocenters.